The smallest absolute Gasteiger partial charge is 0.264 e. The lowest BCUT2D eigenvalue weighted by atomic mass is 10.0. The Morgan fingerprint density at radius 3 is 2.61 bits per heavy atom. The second-order valence-corrected chi connectivity index (χ2v) is 6.89. The molecule has 0 fully saturated rings. The number of benzene rings is 1. The summed E-state index contributed by atoms with van der Waals surface area (Å²) in [5, 5.41) is 6.50. The predicted octanol–water partition coefficient (Wildman–Crippen LogP) is 3.22. The Labute approximate surface area is 176 Å². The summed E-state index contributed by atoms with van der Waals surface area (Å²) < 4.78 is 19.8. The van der Waals surface area contributed by atoms with Crippen LogP contribution in [0.25, 0.3) is 16.9 Å². The quantitative estimate of drug-likeness (QED) is 0.533. The average molecular weight is 419 g/mol. The first-order valence-electron chi connectivity index (χ1n) is 9.47. The largest absolute Gasteiger partial charge is 0.340 e. The van der Waals surface area contributed by atoms with Crippen LogP contribution in [-0.2, 0) is 0 Å². The minimum absolute atomic E-state index is 0.215. The highest BCUT2D eigenvalue weighted by atomic mass is 19.1. The van der Waals surface area contributed by atoms with Gasteiger partial charge in [-0.15, -0.1) is 0 Å². The van der Waals surface area contributed by atoms with E-state index in [9.17, 15) is 14.0 Å². The molecule has 0 aliphatic heterocycles. The standard InChI is InChI=1S/C22H18FN5O3/c1-13(21-26-14(2)27-31-21)25-20(29)16-11-18(15-6-8-17(23)9-7-15)22(30)28(12-16)19-5-3-4-10-24-19/h3-13H,1-2H3,(H,25,29)/t13-/m1/s1. The van der Waals surface area contributed by atoms with Gasteiger partial charge in [0.25, 0.3) is 11.5 Å². The number of aryl methyl sites for hydroxylation is 1. The highest BCUT2D eigenvalue weighted by Crippen LogP contribution is 2.19. The third-order valence-corrected chi connectivity index (χ3v) is 4.59. The number of pyridine rings is 2. The Balaban J connectivity index is 1.78. The van der Waals surface area contributed by atoms with E-state index in [4.69, 9.17) is 4.52 Å². The van der Waals surface area contributed by atoms with Crippen LogP contribution in [0.1, 0.15) is 35.0 Å². The molecular formula is C22H18FN5O3. The molecule has 0 bridgehead atoms. The molecule has 9 heteroatoms. The first kappa shape index (κ1) is 20.1. The molecule has 8 nitrogen and oxygen atoms in total. The lowest BCUT2D eigenvalue weighted by molar-refractivity contribution is 0.0932. The van der Waals surface area contributed by atoms with Crippen molar-refractivity contribution in [2.24, 2.45) is 0 Å². The number of nitrogens with one attached hydrogen (secondary N) is 1. The summed E-state index contributed by atoms with van der Waals surface area (Å²) in [6.07, 6.45) is 2.96. The fourth-order valence-electron chi connectivity index (χ4n) is 3.04. The van der Waals surface area contributed by atoms with E-state index in [-0.39, 0.29) is 22.6 Å². The zero-order chi connectivity index (χ0) is 22.0. The molecule has 1 N–H and O–H groups in total. The van der Waals surface area contributed by atoms with Gasteiger partial charge in [0.05, 0.1) is 5.56 Å². The number of rotatable bonds is 5. The van der Waals surface area contributed by atoms with Crippen LogP contribution in [0, 0.1) is 12.7 Å². The van der Waals surface area contributed by atoms with Crippen LogP contribution < -0.4 is 10.9 Å². The number of halogens is 1. The second kappa shape index (κ2) is 8.31. The third kappa shape index (κ3) is 4.25. The van der Waals surface area contributed by atoms with Crippen molar-refractivity contribution in [3.63, 3.8) is 0 Å². The van der Waals surface area contributed by atoms with Gasteiger partial charge in [-0.3, -0.25) is 14.2 Å². The summed E-state index contributed by atoms with van der Waals surface area (Å²) in [5.74, 6) is 0.204. The molecule has 1 atom stereocenters. The maximum absolute atomic E-state index is 13.4. The maximum atomic E-state index is 13.4. The van der Waals surface area contributed by atoms with Crippen LogP contribution >= 0.6 is 0 Å². The van der Waals surface area contributed by atoms with Crippen LogP contribution in [-0.4, -0.2) is 25.6 Å². The average Bonchev–Trinajstić information content (AvgIpc) is 3.21. The van der Waals surface area contributed by atoms with E-state index in [0.29, 0.717) is 17.2 Å². The van der Waals surface area contributed by atoms with Gasteiger partial charge in [-0.2, -0.15) is 4.98 Å². The zero-order valence-electron chi connectivity index (χ0n) is 16.7. The number of hydrogen-bond acceptors (Lipinski definition) is 6. The minimum Gasteiger partial charge on any atom is -0.340 e. The summed E-state index contributed by atoms with van der Waals surface area (Å²) in [6, 6.07) is 11.5. The van der Waals surface area contributed by atoms with E-state index in [1.54, 1.807) is 38.2 Å². The highest BCUT2D eigenvalue weighted by molar-refractivity contribution is 5.95. The van der Waals surface area contributed by atoms with E-state index in [2.05, 4.69) is 20.4 Å². The molecule has 0 saturated carbocycles. The lowest BCUT2D eigenvalue weighted by Crippen LogP contribution is -2.29. The Morgan fingerprint density at radius 1 is 1.19 bits per heavy atom. The molecule has 4 rings (SSSR count). The molecule has 3 heterocycles. The first-order valence-corrected chi connectivity index (χ1v) is 9.47. The molecule has 1 amide bonds. The van der Waals surface area contributed by atoms with Gasteiger partial charge in [-0.1, -0.05) is 23.4 Å². The third-order valence-electron chi connectivity index (χ3n) is 4.59. The predicted molar refractivity (Wildman–Crippen MR) is 110 cm³/mol. The molecule has 0 aliphatic rings. The Kier molecular flexibility index (Phi) is 5.40. The number of hydrogen-bond donors (Lipinski definition) is 1. The van der Waals surface area contributed by atoms with Crippen LogP contribution in [0.2, 0.25) is 0 Å². The SMILES string of the molecule is Cc1noc([C@@H](C)NC(=O)c2cc(-c3ccc(F)cc3)c(=O)n(-c3ccccn3)c2)n1. The van der Waals surface area contributed by atoms with Crippen molar-refractivity contribution in [2.45, 2.75) is 19.9 Å². The van der Waals surface area contributed by atoms with Gasteiger partial charge in [0, 0.05) is 18.0 Å². The second-order valence-electron chi connectivity index (χ2n) is 6.89. The van der Waals surface area contributed by atoms with Gasteiger partial charge < -0.3 is 9.84 Å². The van der Waals surface area contributed by atoms with Gasteiger partial charge >= 0.3 is 0 Å². The molecule has 4 aromatic rings. The monoisotopic (exact) mass is 419 g/mol. The fourth-order valence-corrected chi connectivity index (χ4v) is 3.04. The number of amides is 1. The minimum atomic E-state index is -0.543. The Bertz CT molecular complexity index is 1280. The molecule has 0 aliphatic carbocycles. The van der Waals surface area contributed by atoms with Crippen molar-refractivity contribution in [1.29, 1.82) is 0 Å². The van der Waals surface area contributed by atoms with Gasteiger partial charge in [0.2, 0.25) is 5.89 Å². The number of carbonyl (C=O) groups excluding carboxylic acids is 1. The molecule has 156 valence electrons. The maximum Gasteiger partial charge on any atom is 0.264 e. The molecule has 1 aromatic carbocycles. The van der Waals surface area contributed by atoms with Crippen molar-refractivity contribution in [2.75, 3.05) is 0 Å². The molecule has 0 saturated heterocycles. The number of nitrogens with zero attached hydrogens (tertiary/aromatic N) is 4. The van der Waals surface area contributed by atoms with E-state index in [1.807, 2.05) is 0 Å². The first-order chi connectivity index (χ1) is 14.9. The summed E-state index contributed by atoms with van der Waals surface area (Å²) in [7, 11) is 0. The summed E-state index contributed by atoms with van der Waals surface area (Å²) in [6.45, 7) is 3.39. The number of aromatic nitrogens is 4. The van der Waals surface area contributed by atoms with Crippen molar-refractivity contribution >= 4 is 5.91 Å². The van der Waals surface area contributed by atoms with E-state index < -0.39 is 17.8 Å². The fraction of sp³-hybridized carbons (Fsp3) is 0.136. The van der Waals surface area contributed by atoms with Crippen molar-refractivity contribution in [3.8, 4) is 16.9 Å². The molecule has 3 aromatic heterocycles. The zero-order valence-corrected chi connectivity index (χ0v) is 16.7. The molecule has 0 radical (unpaired) electrons. The van der Waals surface area contributed by atoms with E-state index in [1.165, 1.54) is 41.1 Å². The van der Waals surface area contributed by atoms with Gasteiger partial charge in [-0.25, -0.2) is 9.37 Å². The van der Waals surface area contributed by atoms with Gasteiger partial charge in [0.15, 0.2) is 5.82 Å². The summed E-state index contributed by atoms with van der Waals surface area (Å²) in [5.41, 5.74) is 0.543. The van der Waals surface area contributed by atoms with Crippen LogP contribution in [0.3, 0.4) is 0 Å². The Morgan fingerprint density at radius 2 is 1.97 bits per heavy atom. The lowest BCUT2D eigenvalue weighted by Gasteiger charge is -2.13. The van der Waals surface area contributed by atoms with Crippen molar-refractivity contribution in [3.05, 3.63) is 94.4 Å². The van der Waals surface area contributed by atoms with Crippen LogP contribution in [0.4, 0.5) is 4.39 Å². The van der Waals surface area contributed by atoms with E-state index in [0.717, 1.165) is 0 Å². The molecule has 0 spiro atoms. The van der Waals surface area contributed by atoms with Crippen molar-refractivity contribution in [1.82, 2.24) is 25.0 Å². The Hall–Kier alpha value is -4.14. The summed E-state index contributed by atoms with van der Waals surface area (Å²) >= 11 is 0. The summed E-state index contributed by atoms with van der Waals surface area (Å²) in [4.78, 5) is 34.4. The normalized spacial score (nSPS) is 11.8. The molecule has 31 heavy (non-hydrogen) atoms. The highest BCUT2D eigenvalue weighted by Gasteiger charge is 2.19. The van der Waals surface area contributed by atoms with Crippen LogP contribution in [0.5, 0.6) is 0 Å². The molecular weight excluding hydrogens is 401 g/mol. The van der Waals surface area contributed by atoms with Crippen LogP contribution in [0.15, 0.2) is 70.2 Å². The van der Waals surface area contributed by atoms with Crippen molar-refractivity contribution < 1.29 is 13.7 Å². The van der Waals surface area contributed by atoms with E-state index >= 15 is 0 Å². The molecule has 0 unspecified atom stereocenters. The topological polar surface area (TPSA) is 103 Å². The number of carbonyl (C=O) groups is 1. The van der Waals surface area contributed by atoms with Gasteiger partial charge in [0.1, 0.15) is 17.7 Å². The van der Waals surface area contributed by atoms with Gasteiger partial charge in [-0.05, 0) is 49.7 Å².